The second-order valence-electron chi connectivity index (χ2n) is 4.09. The first-order valence-electron chi connectivity index (χ1n) is 5.81. The largest absolute Gasteiger partial charge is 0.389 e. The lowest BCUT2D eigenvalue weighted by Crippen LogP contribution is -2.31. The molecule has 1 aromatic carbocycles. The number of nitrogens with one attached hydrogen (secondary N) is 1. The van der Waals surface area contributed by atoms with Crippen molar-refractivity contribution in [2.45, 2.75) is 6.42 Å². The van der Waals surface area contributed by atoms with Crippen LogP contribution in [0.4, 0.5) is 0 Å². The first-order valence-corrected chi connectivity index (χ1v) is 6.22. The van der Waals surface area contributed by atoms with Crippen LogP contribution >= 0.6 is 12.2 Å². The highest BCUT2D eigenvalue weighted by molar-refractivity contribution is 7.80. The Hall–Kier alpha value is -1.95. The van der Waals surface area contributed by atoms with Crippen molar-refractivity contribution in [2.75, 3.05) is 20.6 Å². The van der Waals surface area contributed by atoms with Gasteiger partial charge in [-0.25, -0.2) is 0 Å². The third kappa shape index (κ3) is 4.33. The van der Waals surface area contributed by atoms with Gasteiger partial charge in [-0.05, 0) is 12.1 Å². The summed E-state index contributed by atoms with van der Waals surface area (Å²) in [6.07, 6.45) is 0.281. The number of nitrogens with two attached hydrogens (primary N) is 1. The monoisotopic (exact) mass is 279 g/mol. The van der Waals surface area contributed by atoms with Crippen LogP contribution in [-0.2, 0) is 4.79 Å². The van der Waals surface area contributed by atoms with Crippen LogP contribution in [0.3, 0.4) is 0 Å². The van der Waals surface area contributed by atoms with Crippen LogP contribution in [0.15, 0.2) is 24.3 Å². The van der Waals surface area contributed by atoms with E-state index in [4.69, 9.17) is 18.0 Å². The minimum Gasteiger partial charge on any atom is -0.389 e. The minimum absolute atomic E-state index is 0.0940. The molecule has 0 aliphatic rings. The maximum absolute atomic E-state index is 12.1. The fourth-order valence-corrected chi connectivity index (χ4v) is 1.63. The van der Waals surface area contributed by atoms with Crippen LogP contribution in [-0.4, -0.2) is 42.3 Å². The van der Waals surface area contributed by atoms with Crippen molar-refractivity contribution in [3.63, 3.8) is 0 Å². The molecule has 0 radical (unpaired) electrons. The highest BCUT2D eigenvalue weighted by atomic mass is 32.1. The standard InChI is InChI=1S/C13H17N3O2S/c1-15-11(17)7-8-16(2)13(18)10-5-3-9(4-6-10)12(14)19/h3-6H,7-8H2,1-2H3,(H2,14,19)(H,15,17). The molecule has 0 fully saturated rings. The van der Waals surface area contributed by atoms with Gasteiger partial charge in [0.25, 0.3) is 5.91 Å². The molecule has 2 amide bonds. The fourth-order valence-electron chi connectivity index (χ4n) is 1.49. The molecule has 0 saturated heterocycles. The van der Waals surface area contributed by atoms with Crippen LogP contribution in [0.5, 0.6) is 0 Å². The maximum atomic E-state index is 12.1. The second-order valence-corrected chi connectivity index (χ2v) is 4.53. The maximum Gasteiger partial charge on any atom is 0.253 e. The van der Waals surface area contributed by atoms with Crippen molar-refractivity contribution in [3.05, 3.63) is 35.4 Å². The first kappa shape index (κ1) is 15.1. The van der Waals surface area contributed by atoms with E-state index in [2.05, 4.69) is 5.32 Å². The number of rotatable bonds is 5. The van der Waals surface area contributed by atoms with Gasteiger partial charge in [0.15, 0.2) is 0 Å². The van der Waals surface area contributed by atoms with Gasteiger partial charge in [0.05, 0.1) is 0 Å². The molecule has 1 aromatic rings. The second kappa shape index (κ2) is 6.84. The molecule has 3 N–H and O–H groups in total. The fraction of sp³-hybridized carbons (Fsp3) is 0.308. The Morgan fingerprint density at radius 1 is 1.26 bits per heavy atom. The molecule has 0 unspecified atom stereocenters. The van der Waals surface area contributed by atoms with E-state index in [1.54, 1.807) is 38.4 Å². The zero-order valence-corrected chi connectivity index (χ0v) is 11.8. The summed E-state index contributed by atoms with van der Waals surface area (Å²) in [5, 5.41) is 2.51. The highest BCUT2D eigenvalue weighted by Crippen LogP contribution is 2.07. The number of benzene rings is 1. The summed E-state index contributed by atoms with van der Waals surface area (Å²) in [6.45, 7) is 0.371. The van der Waals surface area contributed by atoms with Gasteiger partial charge < -0.3 is 16.0 Å². The Labute approximate surface area is 117 Å². The molecule has 0 spiro atoms. The number of nitrogens with zero attached hydrogens (tertiary/aromatic N) is 1. The third-order valence-electron chi connectivity index (χ3n) is 2.72. The van der Waals surface area contributed by atoms with Gasteiger partial charge in [-0.3, -0.25) is 9.59 Å². The van der Waals surface area contributed by atoms with Crippen molar-refractivity contribution in [2.24, 2.45) is 5.73 Å². The lowest BCUT2D eigenvalue weighted by atomic mass is 10.1. The average Bonchev–Trinajstić information content (AvgIpc) is 2.43. The molecule has 0 aromatic heterocycles. The SMILES string of the molecule is CNC(=O)CCN(C)C(=O)c1ccc(C(N)=S)cc1. The summed E-state index contributed by atoms with van der Waals surface area (Å²) in [6, 6.07) is 6.77. The van der Waals surface area contributed by atoms with E-state index in [1.165, 1.54) is 4.90 Å². The Morgan fingerprint density at radius 3 is 2.26 bits per heavy atom. The lowest BCUT2D eigenvalue weighted by molar-refractivity contribution is -0.120. The molecule has 0 saturated carbocycles. The molecular formula is C13H17N3O2S. The zero-order chi connectivity index (χ0) is 14.4. The molecular weight excluding hydrogens is 262 g/mol. The zero-order valence-electron chi connectivity index (χ0n) is 11.0. The summed E-state index contributed by atoms with van der Waals surface area (Å²) >= 11 is 4.84. The normalized spacial score (nSPS) is 9.79. The van der Waals surface area contributed by atoms with Gasteiger partial charge in [-0.1, -0.05) is 24.4 Å². The van der Waals surface area contributed by atoms with Crippen molar-refractivity contribution in [1.29, 1.82) is 0 Å². The minimum atomic E-state index is -0.140. The van der Waals surface area contributed by atoms with Crippen molar-refractivity contribution in [1.82, 2.24) is 10.2 Å². The van der Waals surface area contributed by atoms with Gasteiger partial charge in [-0.15, -0.1) is 0 Å². The van der Waals surface area contributed by atoms with Crippen LogP contribution in [0.25, 0.3) is 0 Å². The number of hydrogen-bond acceptors (Lipinski definition) is 3. The quantitative estimate of drug-likeness (QED) is 0.771. The van der Waals surface area contributed by atoms with Crippen LogP contribution < -0.4 is 11.1 Å². The van der Waals surface area contributed by atoms with E-state index in [-0.39, 0.29) is 18.2 Å². The molecule has 1 rings (SSSR count). The van der Waals surface area contributed by atoms with Gasteiger partial charge in [0.1, 0.15) is 4.99 Å². The molecule has 5 nitrogen and oxygen atoms in total. The van der Waals surface area contributed by atoms with Crippen LogP contribution in [0, 0.1) is 0 Å². The number of thiocarbonyl (C=S) groups is 1. The van der Waals surface area contributed by atoms with Gasteiger partial charge in [0.2, 0.25) is 5.91 Å². The Bertz CT molecular complexity index is 485. The van der Waals surface area contributed by atoms with E-state index in [9.17, 15) is 9.59 Å². The predicted molar refractivity (Wildman–Crippen MR) is 78.0 cm³/mol. The Balaban J connectivity index is 2.66. The van der Waals surface area contributed by atoms with E-state index >= 15 is 0 Å². The van der Waals surface area contributed by atoms with Crippen LogP contribution in [0.2, 0.25) is 0 Å². The molecule has 0 aliphatic heterocycles. The van der Waals surface area contributed by atoms with E-state index in [0.29, 0.717) is 17.1 Å². The summed E-state index contributed by atoms with van der Waals surface area (Å²) in [7, 11) is 3.23. The van der Waals surface area contributed by atoms with E-state index in [0.717, 1.165) is 5.56 Å². The summed E-state index contributed by atoms with van der Waals surface area (Å²) in [4.78, 5) is 25.0. The van der Waals surface area contributed by atoms with Gasteiger partial charge in [0, 0.05) is 38.2 Å². The van der Waals surface area contributed by atoms with Crippen molar-refractivity contribution in [3.8, 4) is 0 Å². The summed E-state index contributed by atoms with van der Waals surface area (Å²) < 4.78 is 0. The third-order valence-corrected chi connectivity index (χ3v) is 2.95. The molecule has 0 aliphatic carbocycles. The van der Waals surface area contributed by atoms with Gasteiger partial charge in [-0.2, -0.15) is 0 Å². The summed E-state index contributed by atoms with van der Waals surface area (Å²) in [5.74, 6) is -0.234. The van der Waals surface area contributed by atoms with E-state index < -0.39 is 0 Å². The summed E-state index contributed by atoms with van der Waals surface area (Å²) in [5.41, 5.74) is 6.75. The molecule has 102 valence electrons. The number of carbonyl (C=O) groups is 2. The Morgan fingerprint density at radius 2 is 1.79 bits per heavy atom. The number of amides is 2. The topological polar surface area (TPSA) is 75.4 Å². The molecule has 0 atom stereocenters. The first-order chi connectivity index (χ1) is 8.95. The van der Waals surface area contributed by atoms with E-state index in [1.807, 2.05) is 0 Å². The van der Waals surface area contributed by atoms with Crippen molar-refractivity contribution >= 4 is 29.0 Å². The molecule has 19 heavy (non-hydrogen) atoms. The average molecular weight is 279 g/mol. The molecule has 0 bridgehead atoms. The van der Waals surface area contributed by atoms with Crippen molar-refractivity contribution < 1.29 is 9.59 Å². The van der Waals surface area contributed by atoms with Crippen LogP contribution in [0.1, 0.15) is 22.3 Å². The lowest BCUT2D eigenvalue weighted by Gasteiger charge is -2.16. The molecule has 0 heterocycles. The number of hydrogen-bond donors (Lipinski definition) is 2. The smallest absolute Gasteiger partial charge is 0.253 e. The predicted octanol–water partition coefficient (Wildman–Crippen LogP) is 0.529. The Kier molecular flexibility index (Phi) is 5.44. The number of carbonyl (C=O) groups excluding carboxylic acids is 2. The highest BCUT2D eigenvalue weighted by Gasteiger charge is 2.12. The van der Waals surface area contributed by atoms with Gasteiger partial charge >= 0.3 is 0 Å². The molecule has 6 heteroatoms.